The molecule has 1 heterocycles. The van der Waals surface area contributed by atoms with Crippen LogP contribution in [0.2, 0.25) is 0 Å². The molecule has 1 aromatic heterocycles. The summed E-state index contributed by atoms with van der Waals surface area (Å²) in [6.45, 7) is 3.45. The topological polar surface area (TPSA) is 64.9 Å². The number of para-hydroxylation sites is 1. The third-order valence-electron chi connectivity index (χ3n) is 4.93. The zero-order chi connectivity index (χ0) is 17.5. The fraction of sp³-hybridized carbons (Fsp3) is 0.632. The molecule has 1 N–H and O–H groups in total. The smallest absolute Gasteiger partial charge is 0.212 e. The van der Waals surface area contributed by atoms with E-state index in [1.807, 2.05) is 12.1 Å². The van der Waals surface area contributed by atoms with Crippen molar-refractivity contribution in [2.45, 2.75) is 64.6 Å². The number of benzene rings is 1. The lowest BCUT2D eigenvalue weighted by Crippen LogP contribution is -2.28. The van der Waals surface area contributed by atoms with Crippen molar-refractivity contribution in [3.8, 4) is 5.75 Å². The van der Waals surface area contributed by atoms with E-state index < -0.39 is 0 Å². The Labute approximate surface area is 150 Å². The number of rotatable bonds is 8. The number of hydrogen-bond acceptors (Lipinski definition) is 5. The van der Waals surface area contributed by atoms with Crippen LogP contribution in [-0.4, -0.2) is 26.2 Å². The predicted octanol–water partition coefficient (Wildman–Crippen LogP) is 3.24. The van der Waals surface area contributed by atoms with Gasteiger partial charge >= 0.3 is 0 Å². The van der Waals surface area contributed by atoms with E-state index >= 15 is 0 Å². The summed E-state index contributed by atoms with van der Waals surface area (Å²) in [5, 5.41) is 15.6. The van der Waals surface area contributed by atoms with Crippen LogP contribution in [0.5, 0.6) is 5.75 Å². The SMILES string of the molecule is CC(CC1CCCCC1)NCc1ccccc1OCc1nnn(C)n1. The quantitative estimate of drug-likeness (QED) is 0.797. The van der Waals surface area contributed by atoms with E-state index in [1.165, 1.54) is 48.9 Å². The van der Waals surface area contributed by atoms with Gasteiger partial charge in [0.05, 0.1) is 7.05 Å². The van der Waals surface area contributed by atoms with Gasteiger partial charge in [-0.15, -0.1) is 10.2 Å². The molecule has 0 radical (unpaired) electrons. The highest BCUT2D eigenvalue weighted by Crippen LogP contribution is 2.27. The normalized spacial score (nSPS) is 16.7. The minimum absolute atomic E-state index is 0.336. The Bertz CT molecular complexity index is 651. The van der Waals surface area contributed by atoms with Gasteiger partial charge in [0.2, 0.25) is 5.82 Å². The summed E-state index contributed by atoms with van der Waals surface area (Å²) >= 11 is 0. The van der Waals surface area contributed by atoms with Crippen molar-refractivity contribution in [2.24, 2.45) is 13.0 Å². The van der Waals surface area contributed by atoms with Gasteiger partial charge in [-0.3, -0.25) is 0 Å². The molecule has 1 unspecified atom stereocenters. The minimum Gasteiger partial charge on any atom is -0.485 e. The molecule has 6 nitrogen and oxygen atoms in total. The fourth-order valence-electron chi connectivity index (χ4n) is 3.60. The van der Waals surface area contributed by atoms with Crippen molar-refractivity contribution in [1.29, 1.82) is 0 Å². The molecule has 1 saturated carbocycles. The van der Waals surface area contributed by atoms with Gasteiger partial charge in [0.15, 0.2) is 6.61 Å². The number of nitrogens with one attached hydrogen (secondary N) is 1. The summed E-state index contributed by atoms with van der Waals surface area (Å²) < 4.78 is 5.90. The van der Waals surface area contributed by atoms with Crippen LogP contribution in [0.4, 0.5) is 0 Å². The number of tetrazole rings is 1. The van der Waals surface area contributed by atoms with Gasteiger partial charge in [-0.05, 0) is 30.5 Å². The van der Waals surface area contributed by atoms with Crippen LogP contribution in [0.3, 0.4) is 0 Å². The Kier molecular flexibility index (Phi) is 6.39. The second kappa shape index (κ2) is 8.94. The lowest BCUT2D eigenvalue weighted by atomic mass is 9.85. The second-order valence-electron chi connectivity index (χ2n) is 7.11. The average molecular weight is 343 g/mol. The second-order valence-corrected chi connectivity index (χ2v) is 7.11. The Hall–Kier alpha value is -1.95. The first-order valence-corrected chi connectivity index (χ1v) is 9.37. The number of aromatic nitrogens is 4. The van der Waals surface area contributed by atoms with Gasteiger partial charge in [-0.1, -0.05) is 50.3 Å². The molecule has 1 fully saturated rings. The number of hydrogen-bond donors (Lipinski definition) is 1. The lowest BCUT2D eigenvalue weighted by Gasteiger charge is -2.25. The Morgan fingerprint density at radius 2 is 2.04 bits per heavy atom. The van der Waals surface area contributed by atoms with E-state index in [2.05, 4.69) is 39.8 Å². The fourth-order valence-corrected chi connectivity index (χ4v) is 3.60. The molecular weight excluding hydrogens is 314 g/mol. The maximum absolute atomic E-state index is 5.90. The Morgan fingerprint density at radius 1 is 1.24 bits per heavy atom. The maximum Gasteiger partial charge on any atom is 0.212 e. The number of ether oxygens (including phenoxy) is 1. The summed E-state index contributed by atoms with van der Waals surface area (Å²) in [6.07, 6.45) is 8.30. The van der Waals surface area contributed by atoms with Crippen LogP contribution in [0.15, 0.2) is 24.3 Å². The van der Waals surface area contributed by atoms with Crippen molar-refractivity contribution < 1.29 is 4.74 Å². The monoisotopic (exact) mass is 343 g/mol. The van der Waals surface area contributed by atoms with Crippen LogP contribution < -0.4 is 10.1 Å². The number of aryl methyl sites for hydroxylation is 1. The molecule has 6 heteroatoms. The van der Waals surface area contributed by atoms with E-state index in [1.54, 1.807) is 7.05 Å². The summed E-state index contributed by atoms with van der Waals surface area (Å²) in [5.41, 5.74) is 1.17. The zero-order valence-corrected chi connectivity index (χ0v) is 15.3. The van der Waals surface area contributed by atoms with Gasteiger partial charge in [-0.25, -0.2) is 0 Å². The van der Waals surface area contributed by atoms with Crippen molar-refractivity contribution in [2.75, 3.05) is 0 Å². The van der Waals surface area contributed by atoms with Gasteiger partial charge in [-0.2, -0.15) is 4.80 Å². The molecule has 2 aromatic rings. The highest BCUT2D eigenvalue weighted by atomic mass is 16.5. The molecule has 0 bridgehead atoms. The molecule has 3 rings (SSSR count). The molecule has 0 amide bonds. The summed E-state index contributed by atoms with van der Waals surface area (Å²) in [4.78, 5) is 1.44. The molecule has 1 aliphatic carbocycles. The van der Waals surface area contributed by atoms with E-state index in [4.69, 9.17) is 4.74 Å². The van der Waals surface area contributed by atoms with Gasteiger partial charge in [0.25, 0.3) is 0 Å². The standard InChI is InChI=1S/C19H29N5O/c1-15(12-16-8-4-3-5-9-16)20-13-17-10-6-7-11-18(17)25-14-19-21-23-24(2)22-19/h6-7,10-11,15-16,20H,3-5,8-9,12-14H2,1-2H3. The van der Waals surface area contributed by atoms with Crippen LogP contribution in [0, 0.1) is 5.92 Å². The molecule has 136 valence electrons. The van der Waals surface area contributed by atoms with E-state index in [9.17, 15) is 0 Å². The largest absolute Gasteiger partial charge is 0.485 e. The molecule has 1 aromatic carbocycles. The predicted molar refractivity (Wildman–Crippen MR) is 97.1 cm³/mol. The van der Waals surface area contributed by atoms with Crippen molar-refractivity contribution in [3.63, 3.8) is 0 Å². The molecule has 0 aliphatic heterocycles. The summed E-state index contributed by atoms with van der Waals surface area (Å²) in [7, 11) is 1.75. The molecule has 1 aliphatic rings. The van der Waals surface area contributed by atoms with Crippen LogP contribution in [-0.2, 0) is 20.2 Å². The third kappa shape index (κ3) is 5.53. The van der Waals surface area contributed by atoms with Crippen molar-refractivity contribution in [3.05, 3.63) is 35.7 Å². The van der Waals surface area contributed by atoms with Crippen LogP contribution in [0.25, 0.3) is 0 Å². The van der Waals surface area contributed by atoms with Gasteiger partial charge in [0.1, 0.15) is 5.75 Å². The van der Waals surface area contributed by atoms with E-state index in [0.29, 0.717) is 18.5 Å². The lowest BCUT2D eigenvalue weighted by molar-refractivity contribution is 0.287. The number of nitrogens with zero attached hydrogens (tertiary/aromatic N) is 4. The molecule has 25 heavy (non-hydrogen) atoms. The van der Waals surface area contributed by atoms with E-state index in [0.717, 1.165) is 18.2 Å². The van der Waals surface area contributed by atoms with Crippen LogP contribution >= 0.6 is 0 Å². The van der Waals surface area contributed by atoms with Crippen LogP contribution in [0.1, 0.15) is 56.8 Å². The Balaban J connectivity index is 1.49. The zero-order valence-electron chi connectivity index (χ0n) is 15.3. The van der Waals surface area contributed by atoms with Crippen molar-refractivity contribution in [1.82, 2.24) is 25.5 Å². The average Bonchev–Trinajstić information content (AvgIpc) is 3.05. The van der Waals surface area contributed by atoms with Crippen molar-refractivity contribution >= 4 is 0 Å². The third-order valence-corrected chi connectivity index (χ3v) is 4.93. The first-order chi connectivity index (χ1) is 12.2. The first-order valence-electron chi connectivity index (χ1n) is 9.37. The summed E-state index contributed by atoms with van der Waals surface area (Å²) in [5.74, 6) is 2.37. The van der Waals surface area contributed by atoms with Gasteiger partial charge < -0.3 is 10.1 Å². The van der Waals surface area contributed by atoms with E-state index in [-0.39, 0.29) is 0 Å². The van der Waals surface area contributed by atoms with Gasteiger partial charge in [0, 0.05) is 18.2 Å². The molecule has 0 spiro atoms. The molecule has 0 saturated heterocycles. The maximum atomic E-state index is 5.90. The summed E-state index contributed by atoms with van der Waals surface area (Å²) in [6, 6.07) is 8.68. The minimum atomic E-state index is 0.336. The first kappa shape index (κ1) is 17.9. The highest BCUT2D eigenvalue weighted by molar-refractivity contribution is 5.33. The Morgan fingerprint density at radius 3 is 2.80 bits per heavy atom. The molecule has 1 atom stereocenters. The highest BCUT2D eigenvalue weighted by Gasteiger charge is 2.16. The molecular formula is C19H29N5O.